The van der Waals surface area contributed by atoms with Crippen molar-refractivity contribution in [1.29, 1.82) is 0 Å². The number of rotatable bonds is 5. The predicted molar refractivity (Wildman–Crippen MR) is 85.2 cm³/mol. The van der Waals surface area contributed by atoms with Crippen molar-refractivity contribution in [1.82, 2.24) is 9.55 Å². The summed E-state index contributed by atoms with van der Waals surface area (Å²) in [6, 6.07) is 7.63. The molecular weight excluding hydrogens is 298 g/mol. The number of hydrogen-bond acceptors (Lipinski definition) is 5. The van der Waals surface area contributed by atoms with E-state index in [9.17, 15) is 14.9 Å². The molecule has 2 aromatic rings. The number of anilines is 2. The molecular formula is C15H17N5O3. The van der Waals surface area contributed by atoms with Crippen molar-refractivity contribution in [2.75, 3.05) is 16.8 Å². The van der Waals surface area contributed by atoms with Gasteiger partial charge in [0.05, 0.1) is 0 Å². The summed E-state index contributed by atoms with van der Waals surface area (Å²) in [4.78, 5) is 27.7. The van der Waals surface area contributed by atoms with Gasteiger partial charge < -0.3 is 20.3 Å². The van der Waals surface area contributed by atoms with Crippen LogP contribution >= 0.6 is 0 Å². The number of benzene rings is 1. The van der Waals surface area contributed by atoms with Crippen LogP contribution in [0.1, 0.15) is 18.4 Å². The minimum absolute atomic E-state index is 0.154. The van der Waals surface area contributed by atoms with Gasteiger partial charge in [-0.15, -0.1) is 0 Å². The molecule has 23 heavy (non-hydrogen) atoms. The van der Waals surface area contributed by atoms with Gasteiger partial charge >= 0.3 is 5.82 Å². The van der Waals surface area contributed by atoms with Crippen LogP contribution in [0.2, 0.25) is 0 Å². The lowest BCUT2D eigenvalue weighted by molar-refractivity contribution is -0.388. The molecule has 8 heteroatoms. The van der Waals surface area contributed by atoms with Gasteiger partial charge in [0.2, 0.25) is 18.1 Å². The Labute approximate surface area is 132 Å². The Morgan fingerprint density at radius 2 is 2.09 bits per heavy atom. The number of aryl methyl sites for hydroxylation is 1. The lowest BCUT2D eigenvalue weighted by atomic mass is 10.2. The number of aromatic nitrogens is 2. The van der Waals surface area contributed by atoms with Crippen LogP contribution in [0.15, 0.2) is 30.6 Å². The summed E-state index contributed by atoms with van der Waals surface area (Å²) in [7, 11) is 1.70. The second-order valence-corrected chi connectivity index (χ2v) is 5.45. The molecule has 0 aliphatic carbocycles. The molecule has 1 fully saturated rings. The van der Waals surface area contributed by atoms with E-state index in [0.717, 1.165) is 24.2 Å². The summed E-state index contributed by atoms with van der Waals surface area (Å²) >= 11 is 0. The number of carbonyl (C=O) groups excluding carboxylic acids is 1. The van der Waals surface area contributed by atoms with E-state index in [4.69, 9.17) is 0 Å². The number of amides is 1. The average Bonchev–Trinajstić information content (AvgIpc) is 3.12. The van der Waals surface area contributed by atoms with E-state index in [2.05, 4.69) is 10.3 Å². The molecule has 8 nitrogen and oxygen atoms in total. The number of nitrogens with zero attached hydrogens (tertiary/aromatic N) is 4. The standard InChI is InChI=1S/C15H17N5O3/c1-18-10-17-15(20(22)23)14(18)16-9-11-4-6-12(7-5-11)19-8-2-3-13(19)21/h4-7,10,16H,2-3,8-9H2,1H3. The van der Waals surface area contributed by atoms with Gasteiger partial charge in [-0.1, -0.05) is 12.1 Å². The van der Waals surface area contributed by atoms with Crippen molar-refractivity contribution < 1.29 is 9.72 Å². The van der Waals surface area contributed by atoms with E-state index in [1.807, 2.05) is 24.3 Å². The smallest absolute Gasteiger partial charge is 0.360 e. The molecule has 3 rings (SSSR count). The van der Waals surface area contributed by atoms with Gasteiger partial charge in [-0.2, -0.15) is 0 Å². The Bertz CT molecular complexity index is 738. The minimum atomic E-state index is -0.510. The van der Waals surface area contributed by atoms with E-state index in [1.165, 1.54) is 6.33 Å². The zero-order valence-electron chi connectivity index (χ0n) is 12.7. The summed E-state index contributed by atoms with van der Waals surface area (Å²) in [5, 5.41) is 14.0. The minimum Gasteiger partial charge on any atom is -0.360 e. The second-order valence-electron chi connectivity index (χ2n) is 5.45. The molecule has 2 heterocycles. The van der Waals surface area contributed by atoms with E-state index in [0.29, 0.717) is 18.8 Å². The molecule has 1 aliphatic heterocycles. The van der Waals surface area contributed by atoms with Crippen molar-refractivity contribution in [3.8, 4) is 0 Å². The molecule has 1 saturated heterocycles. The fraction of sp³-hybridized carbons (Fsp3) is 0.333. The monoisotopic (exact) mass is 315 g/mol. The first kappa shape index (κ1) is 15.0. The fourth-order valence-electron chi connectivity index (χ4n) is 2.66. The highest BCUT2D eigenvalue weighted by Crippen LogP contribution is 2.24. The van der Waals surface area contributed by atoms with Gasteiger partial charge in [-0.05, 0) is 34.0 Å². The van der Waals surface area contributed by atoms with Gasteiger partial charge in [-0.25, -0.2) is 0 Å². The van der Waals surface area contributed by atoms with Crippen LogP contribution in [-0.4, -0.2) is 26.9 Å². The normalized spacial score (nSPS) is 14.3. The van der Waals surface area contributed by atoms with Gasteiger partial charge in [-0.3, -0.25) is 9.36 Å². The van der Waals surface area contributed by atoms with Crippen molar-refractivity contribution in [2.24, 2.45) is 7.05 Å². The lowest BCUT2D eigenvalue weighted by Crippen LogP contribution is -2.23. The number of carbonyl (C=O) groups is 1. The Kier molecular flexibility index (Phi) is 3.96. The molecule has 0 bridgehead atoms. The number of imidazole rings is 1. The van der Waals surface area contributed by atoms with Crippen molar-refractivity contribution in [3.05, 3.63) is 46.3 Å². The third-order valence-corrected chi connectivity index (χ3v) is 3.87. The molecule has 0 unspecified atom stereocenters. The van der Waals surface area contributed by atoms with E-state index < -0.39 is 4.92 Å². The number of hydrogen-bond donors (Lipinski definition) is 1. The Hall–Kier alpha value is -2.90. The maximum absolute atomic E-state index is 11.7. The lowest BCUT2D eigenvalue weighted by Gasteiger charge is -2.16. The molecule has 1 aromatic carbocycles. The van der Waals surface area contributed by atoms with Crippen LogP contribution in [0.5, 0.6) is 0 Å². The van der Waals surface area contributed by atoms with Crippen LogP contribution in [-0.2, 0) is 18.4 Å². The van der Waals surface area contributed by atoms with Gasteiger partial charge in [0.15, 0.2) is 0 Å². The predicted octanol–water partition coefficient (Wildman–Crippen LogP) is 2.07. The third kappa shape index (κ3) is 3.01. The maximum atomic E-state index is 11.7. The molecule has 0 radical (unpaired) electrons. The molecule has 0 spiro atoms. The van der Waals surface area contributed by atoms with E-state index >= 15 is 0 Å². The zero-order valence-corrected chi connectivity index (χ0v) is 12.7. The SMILES string of the molecule is Cn1cnc([N+](=O)[O-])c1NCc1ccc(N2CCCC2=O)cc1. The summed E-state index contributed by atoms with van der Waals surface area (Å²) in [5.41, 5.74) is 1.86. The Morgan fingerprint density at radius 3 is 2.70 bits per heavy atom. The first-order chi connectivity index (χ1) is 11.1. The Balaban J connectivity index is 1.69. The van der Waals surface area contributed by atoms with Crippen LogP contribution in [0.4, 0.5) is 17.3 Å². The highest BCUT2D eigenvalue weighted by Gasteiger charge is 2.22. The van der Waals surface area contributed by atoms with E-state index in [-0.39, 0.29) is 11.7 Å². The maximum Gasteiger partial charge on any atom is 0.406 e. The van der Waals surface area contributed by atoms with E-state index in [1.54, 1.807) is 16.5 Å². The molecule has 1 aliphatic rings. The third-order valence-electron chi connectivity index (χ3n) is 3.87. The zero-order chi connectivity index (χ0) is 16.4. The molecule has 120 valence electrons. The second kappa shape index (κ2) is 6.07. The van der Waals surface area contributed by atoms with Crippen molar-refractivity contribution in [2.45, 2.75) is 19.4 Å². The van der Waals surface area contributed by atoms with Gasteiger partial charge in [0.25, 0.3) is 0 Å². The van der Waals surface area contributed by atoms with Crippen LogP contribution in [0.3, 0.4) is 0 Å². The molecule has 0 atom stereocenters. The summed E-state index contributed by atoms with van der Waals surface area (Å²) < 4.78 is 1.58. The topological polar surface area (TPSA) is 93.3 Å². The van der Waals surface area contributed by atoms with Crippen LogP contribution < -0.4 is 10.2 Å². The average molecular weight is 315 g/mol. The summed E-state index contributed by atoms with van der Waals surface area (Å²) in [6.45, 7) is 1.20. The highest BCUT2D eigenvalue weighted by molar-refractivity contribution is 5.95. The van der Waals surface area contributed by atoms with Crippen molar-refractivity contribution >= 4 is 23.2 Å². The summed E-state index contributed by atoms with van der Waals surface area (Å²) in [5.74, 6) is 0.335. The van der Waals surface area contributed by atoms with Crippen molar-refractivity contribution in [3.63, 3.8) is 0 Å². The first-order valence-corrected chi connectivity index (χ1v) is 7.35. The Morgan fingerprint density at radius 1 is 1.35 bits per heavy atom. The molecule has 1 amide bonds. The quantitative estimate of drug-likeness (QED) is 0.673. The molecule has 0 saturated carbocycles. The fourth-order valence-corrected chi connectivity index (χ4v) is 2.66. The highest BCUT2D eigenvalue weighted by atomic mass is 16.6. The molecule has 1 N–H and O–H groups in total. The first-order valence-electron chi connectivity index (χ1n) is 7.35. The largest absolute Gasteiger partial charge is 0.406 e. The number of nitrogens with one attached hydrogen (secondary N) is 1. The summed E-state index contributed by atoms with van der Waals surface area (Å²) in [6.07, 6.45) is 2.91. The van der Waals surface area contributed by atoms with Gasteiger partial charge in [0, 0.05) is 32.2 Å². The van der Waals surface area contributed by atoms with Crippen LogP contribution in [0, 0.1) is 10.1 Å². The van der Waals surface area contributed by atoms with Gasteiger partial charge in [0.1, 0.15) is 0 Å². The molecule has 1 aromatic heterocycles. The van der Waals surface area contributed by atoms with Crippen LogP contribution in [0.25, 0.3) is 0 Å². The number of nitro groups is 1.